The number of rotatable bonds is 18. The fourth-order valence-corrected chi connectivity index (χ4v) is 3.40. The second kappa shape index (κ2) is 17.3. The van der Waals surface area contributed by atoms with Crippen LogP contribution in [-0.2, 0) is 20.7 Å². The molecule has 32 heavy (non-hydrogen) atoms. The predicted molar refractivity (Wildman–Crippen MR) is 127 cm³/mol. The summed E-state index contributed by atoms with van der Waals surface area (Å²) in [5.41, 5.74) is 1.25. The number of hydrogen-bond donors (Lipinski definition) is 2. The molecule has 0 bridgehead atoms. The molecule has 0 aliphatic carbocycles. The Morgan fingerprint density at radius 1 is 0.969 bits per heavy atom. The molecule has 7 nitrogen and oxygen atoms in total. The van der Waals surface area contributed by atoms with E-state index in [-0.39, 0.29) is 17.7 Å². The summed E-state index contributed by atoms with van der Waals surface area (Å²) in [6.07, 6.45) is 8.25. The minimum Gasteiger partial charge on any atom is -0.493 e. The van der Waals surface area contributed by atoms with Gasteiger partial charge in [-0.25, -0.2) is 0 Å². The van der Waals surface area contributed by atoms with Gasteiger partial charge in [0.1, 0.15) is 0 Å². The highest BCUT2D eigenvalue weighted by Crippen LogP contribution is 2.29. The molecule has 0 aliphatic rings. The van der Waals surface area contributed by atoms with Crippen molar-refractivity contribution in [3.05, 3.63) is 23.8 Å². The van der Waals surface area contributed by atoms with Gasteiger partial charge >= 0.3 is 0 Å². The molecule has 0 fully saturated rings. The quantitative estimate of drug-likeness (QED) is 0.332. The first-order valence-electron chi connectivity index (χ1n) is 11.8. The molecule has 1 atom stereocenters. The lowest BCUT2D eigenvalue weighted by atomic mass is 10.00. The van der Waals surface area contributed by atoms with Gasteiger partial charge in [0, 0.05) is 46.1 Å². The van der Waals surface area contributed by atoms with Crippen LogP contribution in [-0.4, -0.2) is 52.8 Å². The van der Waals surface area contributed by atoms with E-state index < -0.39 is 0 Å². The molecular weight excluding hydrogens is 408 g/mol. The Hall–Kier alpha value is -2.28. The molecule has 2 N–H and O–H groups in total. The molecule has 0 spiro atoms. The molecule has 0 aliphatic heterocycles. The summed E-state index contributed by atoms with van der Waals surface area (Å²) in [4.78, 5) is 23.3. The summed E-state index contributed by atoms with van der Waals surface area (Å²) in [5.74, 6) is 1.64. The zero-order valence-corrected chi connectivity index (χ0v) is 20.3. The van der Waals surface area contributed by atoms with Crippen molar-refractivity contribution in [1.82, 2.24) is 10.6 Å². The van der Waals surface area contributed by atoms with E-state index in [1.807, 2.05) is 13.0 Å². The molecule has 1 aromatic carbocycles. The normalized spacial score (nSPS) is 11.6. The third kappa shape index (κ3) is 11.9. The fraction of sp³-hybridized carbons (Fsp3) is 0.680. The Bertz CT molecular complexity index is 666. The van der Waals surface area contributed by atoms with Gasteiger partial charge in [-0.05, 0) is 43.4 Å². The van der Waals surface area contributed by atoms with Crippen molar-refractivity contribution in [2.24, 2.45) is 5.92 Å². The lowest BCUT2D eigenvalue weighted by molar-refractivity contribution is -0.125. The van der Waals surface area contributed by atoms with E-state index in [1.165, 1.54) is 5.56 Å². The van der Waals surface area contributed by atoms with Crippen molar-refractivity contribution in [2.75, 3.05) is 41.0 Å². The summed E-state index contributed by atoms with van der Waals surface area (Å²) in [7, 11) is 4.97. The molecule has 0 aromatic heterocycles. The molecule has 0 radical (unpaired) electrons. The smallest absolute Gasteiger partial charge is 0.222 e. The van der Waals surface area contributed by atoms with Crippen LogP contribution in [0.25, 0.3) is 0 Å². The van der Waals surface area contributed by atoms with Crippen molar-refractivity contribution in [3.63, 3.8) is 0 Å². The number of nitrogens with one attached hydrogen (secondary N) is 2. The largest absolute Gasteiger partial charge is 0.493 e. The highest BCUT2D eigenvalue weighted by molar-refractivity contribution is 5.78. The number of amides is 2. The van der Waals surface area contributed by atoms with E-state index in [0.29, 0.717) is 32.6 Å². The van der Waals surface area contributed by atoms with Crippen LogP contribution in [0.4, 0.5) is 0 Å². The maximum atomic E-state index is 12.1. The van der Waals surface area contributed by atoms with E-state index in [0.717, 1.165) is 56.4 Å². The average molecular weight is 451 g/mol. The van der Waals surface area contributed by atoms with Gasteiger partial charge in [-0.15, -0.1) is 0 Å². The molecular formula is C25H42N2O5. The van der Waals surface area contributed by atoms with Crippen molar-refractivity contribution in [1.29, 1.82) is 0 Å². The van der Waals surface area contributed by atoms with Gasteiger partial charge < -0.3 is 24.8 Å². The van der Waals surface area contributed by atoms with Gasteiger partial charge in [0.05, 0.1) is 13.7 Å². The molecule has 0 heterocycles. The predicted octanol–water partition coefficient (Wildman–Crippen LogP) is 3.88. The maximum absolute atomic E-state index is 12.1. The standard InChI is InChI=1S/C25H42N2O5/c1-20(25(29)27-16-9-13-24(28)26-2)11-7-5-6-8-12-21-14-15-22(31-4)23(19-21)32-18-10-17-30-3/h14-15,19-20H,5-13,16-18H2,1-4H3,(H,26,28)(H,27,29)/t20-/m1/s1. The summed E-state index contributed by atoms with van der Waals surface area (Å²) in [6, 6.07) is 6.13. The summed E-state index contributed by atoms with van der Waals surface area (Å²) in [5, 5.41) is 5.51. The average Bonchev–Trinajstić information content (AvgIpc) is 2.81. The van der Waals surface area contributed by atoms with Gasteiger partial charge in [0.15, 0.2) is 11.5 Å². The second-order valence-electron chi connectivity index (χ2n) is 8.10. The van der Waals surface area contributed by atoms with Crippen LogP contribution in [0.15, 0.2) is 18.2 Å². The van der Waals surface area contributed by atoms with Crippen LogP contribution in [0.5, 0.6) is 11.5 Å². The van der Waals surface area contributed by atoms with Crippen LogP contribution in [0.2, 0.25) is 0 Å². The van der Waals surface area contributed by atoms with Gasteiger partial charge in [0.25, 0.3) is 0 Å². The third-order valence-electron chi connectivity index (χ3n) is 5.44. The minimum atomic E-state index is 0.00719. The number of ether oxygens (including phenoxy) is 3. The van der Waals surface area contributed by atoms with E-state index in [9.17, 15) is 9.59 Å². The molecule has 1 rings (SSSR count). The van der Waals surface area contributed by atoms with Gasteiger partial charge in [-0.2, -0.15) is 0 Å². The zero-order valence-electron chi connectivity index (χ0n) is 20.3. The van der Waals surface area contributed by atoms with E-state index in [2.05, 4.69) is 22.8 Å². The number of unbranched alkanes of at least 4 members (excludes halogenated alkanes) is 3. The van der Waals surface area contributed by atoms with Crippen LogP contribution < -0.4 is 20.1 Å². The third-order valence-corrected chi connectivity index (χ3v) is 5.44. The minimum absolute atomic E-state index is 0.00719. The first kappa shape index (κ1) is 27.8. The van der Waals surface area contributed by atoms with Gasteiger partial charge in [0.2, 0.25) is 11.8 Å². The number of carbonyl (C=O) groups is 2. The maximum Gasteiger partial charge on any atom is 0.222 e. The summed E-state index contributed by atoms with van der Waals surface area (Å²) < 4.78 is 16.3. The van der Waals surface area contributed by atoms with Crippen LogP contribution in [0.3, 0.4) is 0 Å². The van der Waals surface area contributed by atoms with Crippen molar-refractivity contribution in [2.45, 2.75) is 64.7 Å². The molecule has 7 heteroatoms. The monoisotopic (exact) mass is 450 g/mol. The van der Waals surface area contributed by atoms with E-state index >= 15 is 0 Å². The number of aryl methyl sites for hydroxylation is 1. The molecule has 2 amide bonds. The van der Waals surface area contributed by atoms with Gasteiger partial charge in [-0.3, -0.25) is 9.59 Å². The fourth-order valence-electron chi connectivity index (χ4n) is 3.40. The molecule has 0 saturated heterocycles. The molecule has 0 saturated carbocycles. The van der Waals surface area contributed by atoms with Crippen LogP contribution in [0.1, 0.15) is 63.9 Å². The van der Waals surface area contributed by atoms with Crippen molar-refractivity contribution >= 4 is 11.8 Å². The number of carbonyl (C=O) groups excluding carboxylic acids is 2. The lowest BCUT2D eigenvalue weighted by Gasteiger charge is -2.13. The Labute approximate surface area is 193 Å². The van der Waals surface area contributed by atoms with E-state index in [4.69, 9.17) is 14.2 Å². The topological polar surface area (TPSA) is 85.9 Å². The SMILES string of the molecule is CNC(=O)CCCNC(=O)[C@H](C)CCCCCCc1ccc(OC)c(OCCCOC)c1. The number of benzene rings is 1. The van der Waals surface area contributed by atoms with Crippen LogP contribution >= 0.6 is 0 Å². The number of hydrogen-bond acceptors (Lipinski definition) is 5. The summed E-state index contributed by atoms with van der Waals surface area (Å²) >= 11 is 0. The molecule has 0 unspecified atom stereocenters. The Balaban J connectivity index is 2.21. The van der Waals surface area contributed by atoms with Crippen molar-refractivity contribution in [3.8, 4) is 11.5 Å². The first-order valence-corrected chi connectivity index (χ1v) is 11.8. The Morgan fingerprint density at radius 2 is 1.75 bits per heavy atom. The highest BCUT2D eigenvalue weighted by atomic mass is 16.5. The Morgan fingerprint density at radius 3 is 2.47 bits per heavy atom. The molecule has 1 aromatic rings. The van der Waals surface area contributed by atoms with E-state index in [1.54, 1.807) is 21.3 Å². The number of methoxy groups -OCH3 is 2. The zero-order chi connectivity index (χ0) is 23.6. The summed E-state index contributed by atoms with van der Waals surface area (Å²) in [6.45, 7) is 3.81. The van der Waals surface area contributed by atoms with Gasteiger partial charge in [-0.1, -0.05) is 32.3 Å². The molecule has 182 valence electrons. The highest BCUT2D eigenvalue weighted by Gasteiger charge is 2.12. The van der Waals surface area contributed by atoms with Crippen molar-refractivity contribution < 1.29 is 23.8 Å². The lowest BCUT2D eigenvalue weighted by Crippen LogP contribution is -2.30. The first-order chi connectivity index (χ1) is 15.5. The van der Waals surface area contributed by atoms with Crippen LogP contribution in [0, 0.1) is 5.92 Å². The second-order valence-corrected chi connectivity index (χ2v) is 8.10. The Kier molecular flexibility index (Phi) is 15.0.